The van der Waals surface area contributed by atoms with Crippen molar-refractivity contribution < 1.29 is 8.78 Å². The molecule has 1 aliphatic rings. The van der Waals surface area contributed by atoms with Crippen LogP contribution in [0.2, 0.25) is 0 Å². The molecule has 5 heteroatoms. The van der Waals surface area contributed by atoms with Gasteiger partial charge < -0.3 is 5.32 Å². The zero-order chi connectivity index (χ0) is 11.5. The van der Waals surface area contributed by atoms with Gasteiger partial charge >= 0.3 is 0 Å². The minimum atomic E-state index is -0.662. The van der Waals surface area contributed by atoms with Crippen molar-refractivity contribution in [1.29, 1.82) is 0 Å². The molecule has 0 saturated heterocycles. The Bertz CT molecular complexity index is 373. The van der Waals surface area contributed by atoms with Crippen LogP contribution in [-0.2, 0) is 0 Å². The molecule has 2 nitrogen and oxygen atoms in total. The van der Waals surface area contributed by atoms with Crippen LogP contribution in [0.5, 0.6) is 0 Å². The Balaban J connectivity index is 1.89. The summed E-state index contributed by atoms with van der Waals surface area (Å²) < 4.78 is 25.8. The molecule has 2 rings (SSSR count). The van der Waals surface area contributed by atoms with Crippen molar-refractivity contribution in [1.82, 2.24) is 4.98 Å². The average Bonchev–Trinajstić information content (AvgIpc) is 2.63. The first kappa shape index (κ1) is 11.6. The number of hydrogen-bond donors (Lipinski definition) is 1. The van der Waals surface area contributed by atoms with Gasteiger partial charge in [0.05, 0.1) is 6.20 Å². The van der Waals surface area contributed by atoms with E-state index in [1.807, 2.05) is 0 Å². The molecule has 88 valence electrons. The maximum Gasteiger partial charge on any atom is 0.168 e. The third-order valence-corrected chi connectivity index (χ3v) is 3.24. The molecule has 0 bridgehead atoms. The summed E-state index contributed by atoms with van der Waals surface area (Å²) in [6.45, 7) is 0.638. The van der Waals surface area contributed by atoms with Crippen molar-refractivity contribution >= 4 is 17.4 Å². The summed E-state index contributed by atoms with van der Waals surface area (Å²) in [5.74, 6) is -0.752. The number of rotatable bonds is 3. The van der Waals surface area contributed by atoms with Crippen LogP contribution in [0.3, 0.4) is 0 Å². The van der Waals surface area contributed by atoms with E-state index in [0.717, 1.165) is 31.5 Å². The van der Waals surface area contributed by atoms with Crippen LogP contribution in [0.4, 0.5) is 14.6 Å². The smallest absolute Gasteiger partial charge is 0.168 e. The number of nitrogens with one attached hydrogen (secondary N) is 1. The van der Waals surface area contributed by atoms with Gasteiger partial charge in [-0.1, -0.05) is 0 Å². The lowest BCUT2D eigenvalue weighted by atomic mass is 10.1. The average molecular weight is 247 g/mol. The maximum absolute atomic E-state index is 13.2. The molecule has 1 fully saturated rings. The Labute approximate surface area is 98.0 Å². The van der Waals surface area contributed by atoms with E-state index in [2.05, 4.69) is 10.3 Å². The van der Waals surface area contributed by atoms with Gasteiger partial charge in [-0.05, 0) is 25.2 Å². The van der Waals surface area contributed by atoms with E-state index in [9.17, 15) is 8.78 Å². The number of nitrogens with zero attached hydrogens (tertiary/aromatic N) is 1. The summed E-state index contributed by atoms with van der Waals surface area (Å²) >= 11 is 5.97. The third kappa shape index (κ3) is 2.82. The van der Waals surface area contributed by atoms with E-state index in [4.69, 9.17) is 11.6 Å². The van der Waals surface area contributed by atoms with Gasteiger partial charge in [-0.2, -0.15) is 0 Å². The lowest BCUT2D eigenvalue weighted by Crippen LogP contribution is -2.13. The predicted molar refractivity (Wildman–Crippen MR) is 59.6 cm³/mol. The first-order chi connectivity index (χ1) is 7.65. The van der Waals surface area contributed by atoms with Crippen molar-refractivity contribution in [2.75, 3.05) is 11.9 Å². The van der Waals surface area contributed by atoms with E-state index in [-0.39, 0.29) is 11.2 Å². The van der Waals surface area contributed by atoms with Gasteiger partial charge in [0, 0.05) is 18.0 Å². The number of alkyl halides is 1. The number of halogens is 3. The Morgan fingerprint density at radius 1 is 1.44 bits per heavy atom. The zero-order valence-corrected chi connectivity index (χ0v) is 9.47. The highest BCUT2D eigenvalue weighted by Crippen LogP contribution is 2.29. The summed E-state index contributed by atoms with van der Waals surface area (Å²) in [6, 6.07) is 0.828. The first-order valence-corrected chi connectivity index (χ1v) is 5.78. The van der Waals surface area contributed by atoms with Crippen LogP contribution in [0.15, 0.2) is 12.3 Å². The van der Waals surface area contributed by atoms with Crippen molar-refractivity contribution in [3.05, 3.63) is 23.9 Å². The maximum atomic E-state index is 13.2. The normalized spacial score (nSPS) is 24.7. The van der Waals surface area contributed by atoms with Crippen molar-refractivity contribution in [2.45, 2.75) is 24.6 Å². The highest BCUT2D eigenvalue weighted by Gasteiger charge is 2.22. The largest absolute Gasteiger partial charge is 0.367 e. The number of pyridine rings is 1. The molecule has 16 heavy (non-hydrogen) atoms. The van der Waals surface area contributed by atoms with Gasteiger partial charge in [0.25, 0.3) is 0 Å². The molecular formula is C11H13ClF2N2. The van der Waals surface area contributed by atoms with E-state index < -0.39 is 11.6 Å². The van der Waals surface area contributed by atoms with Gasteiger partial charge in [-0.25, -0.2) is 13.8 Å². The molecule has 0 spiro atoms. The van der Waals surface area contributed by atoms with E-state index >= 15 is 0 Å². The summed E-state index contributed by atoms with van der Waals surface area (Å²) in [4.78, 5) is 3.66. The van der Waals surface area contributed by atoms with Gasteiger partial charge in [0.2, 0.25) is 0 Å². The molecule has 1 aromatic rings. The highest BCUT2D eigenvalue weighted by molar-refractivity contribution is 6.20. The number of anilines is 1. The highest BCUT2D eigenvalue weighted by atomic mass is 35.5. The van der Waals surface area contributed by atoms with E-state index in [0.29, 0.717) is 12.5 Å². The predicted octanol–water partition coefficient (Wildman–Crippen LogP) is 3.18. The van der Waals surface area contributed by atoms with Crippen LogP contribution in [0.1, 0.15) is 19.3 Å². The third-order valence-electron chi connectivity index (χ3n) is 2.84. The van der Waals surface area contributed by atoms with E-state index in [1.54, 1.807) is 0 Å². The summed E-state index contributed by atoms with van der Waals surface area (Å²) in [5.41, 5.74) is 0. The molecule has 1 heterocycles. The summed E-state index contributed by atoms with van der Waals surface area (Å²) in [6.07, 6.45) is 4.00. The van der Waals surface area contributed by atoms with Gasteiger partial charge in [0.15, 0.2) is 11.6 Å². The molecule has 1 aromatic heterocycles. The van der Waals surface area contributed by atoms with Crippen LogP contribution in [0, 0.1) is 17.6 Å². The molecule has 1 N–H and O–H groups in total. The number of hydrogen-bond acceptors (Lipinski definition) is 2. The van der Waals surface area contributed by atoms with E-state index in [1.165, 1.54) is 0 Å². The lowest BCUT2D eigenvalue weighted by molar-refractivity contribution is 0.560. The Kier molecular flexibility index (Phi) is 3.59. The fourth-order valence-electron chi connectivity index (χ4n) is 1.98. The molecule has 1 saturated carbocycles. The second-order valence-corrected chi connectivity index (χ2v) is 4.76. The Hall–Kier alpha value is -0.900. The summed E-state index contributed by atoms with van der Waals surface area (Å²) in [7, 11) is 0. The van der Waals surface area contributed by atoms with Crippen LogP contribution >= 0.6 is 11.6 Å². The molecule has 0 amide bonds. The quantitative estimate of drug-likeness (QED) is 0.829. The second kappa shape index (κ2) is 4.95. The molecule has 0 radical (unpaired) electrons. The number of aromatic nitrogens is 1. The first-order valence-electron chi connectivity index (χ1n) is 5.34. The second-order valence-electron chi connectivity index (χ2n) is 4.14. The monoisotopic (exact) mass is 246 g/mol. The molecular weight excluding hydrogens is 234 g/mol. The molecule has 1 aliphatic carbocycles. The zero-order valence-electron chi connectivity index (χ0n) is 8.72. The fraction of sp³-hybridized carbons (Fsp3) is 0.545. The van der Waals surface area contributed by atoms with Gasteiger partial charge in [0.1, 0.15) is 5.82 Å². The van der Waals surface area contributed by atoms with Crippen LogP contribution in [-0.4, -0.2) is 16.9 Å². The molecule has 2 atom stereocenters. The fourth-order valence-corrected chi connectivity index (χ4v) is 2.36. The Morgan fingerprint density at radius 3 is 2.88 bits per heavy atom. The van der Waals surface area contributed by atoms with Crippen molar-refractivity contribution in [3.63, 3.8) is 0 Å². The topological polar surface area (TPSA) is 24.9 Å². The standard InChI is InChI=1S/C11H13ClF2N2/c12-8-2-1-7(3-8)5-15-11-10(14)4-9(13)6-16-11/h4,6-8H,1-3,5H2,(H,15,16). The Morgan fingerprint density at radius 2 is 2.25 bits per heavy atom. The molecule has 0 aromatic carbocycles. The van der Waals surface area contributed by atoms with Gasteiger partial charge in [-0.15, -0.1) is 11.6 Å². The van der Waals surface area contributed by atoms with Crippen molar-refractivity contribution in [2.24, 2.45) is 5.92 Å². The van der Waals surface area contributed by atoms with Gasteiger partial charge in [-0.3, -0.25) is 0 Å². The summed E-state index contributed by atoms with van der Waals surface area (Å²) in [5, 5.41) is 3.13. The minimum absolute atomic E-state index is 0.111. The van der Waals surface area contributed by atoms with Crippen LogP contribution in [0.25, 0.3) is 0 Å². The molecule has 2 unspecified atom stereocenters. The lowest BCUT2D eigenvalue weighted by Gasteiger charge is -2.11. The SMILES string of the molecule is Fc1cnc(NCC2CCC(Cl)C2)c(F)c1. The van der Waals surface area contributed by atoms with Crippen molar-refractivity contribution in [3.8, 4) is 0 Å². The molecule has 0 aliphatic heterocycles. The minimum Gasteiger partial charge on any atom is -0.367 e. The van der Waals surface area contributed by atoms with Crippen LogP contribution < -0.4 is 5.32 Å².